The second kappa shape index (κ2) is 5.91. The largest absolute Gasteiger partial charge is 0.462 e. The number of carbonyl (C=O) groups is 1. The van der Waals surface area contributed by atoms with Crippen LogP contribution in [-0.2, 0) is 4.74 Å². The van der Waals surface area contributed by atoms with Crippen LogP contribution in [-0.4, -0.2) is 23.6 Å². The van der Waals surface area contributed by atoms with Crippen molar-refractivity contribution in [2.75, 3.05) is 17.7 Å². The maximum absolute atomic E-state index is 11.9. The standard InChI is InChI=1S/C14H21N3O2/c1-3-19-14(18)12-7-11(15)8-16-13(12)17-9(2)6-10-4-5-10/h7-10H,3-6,15H2,1-2H3,(H,16,17). The number of nitrogens with two attached hydrogens (primary N) is 1. The minimum absolute atomic E-state index is 0.289. The van der Waals surface area contributed by atoms with Gasteiger partial charge in [-0.2, -0.15) is 0 Å². The number of esters is 1. The first kappa shape index (κ1) is 13.6. The summed E-state index contributed by atoms with van der Waals surface area (Å²) in [6.45, 7) is 4.22. The van der Waals surface area contributed by atoms with Gasteiger partial charge in [-0.3, -0.25) is 0 Å². The first-order valence-corrected chi connectivity index (χ1v) is 6.79. The molecule has 0 aromatic carbocycles. The fourth-order valence-corrected chi connectivity index (χ4v) is 2.11. The van der Waals surface area contributed by atoms with Gasteiger partial charge in [0.25, 0.3) is 0 Å². The topological polar surface area (TPSA) is 77.2 Å². The zero-order valence-corrected chi connectivity index (χ0v) is 11.5. The van der Waals surface area contributed by atoms with E-state index in [1.54, 1.807) is 19.2 Å². The number of pyridine rings is 1. The second-order valence-corrected chi connectivity index (χ2v) is 5.11. The molecule has 1 atom stereocenters. The Labute approximate surface area is 113 Å². The summed E-state index contributed by atoms with van der Waals surface area (Å²) < 4.78 is 5.02. The van der Waals surface area contributed by atoms with E-state index in [4.69, 9.17) is 10.5 Å². The van der Waals surface area contributed by atoms with Crippen molar-refractivity contribution in [1.82, 2.24) is 4.98 Å². The molecule has 0 aliphatic heterocycles. The van der Waals surface area contributed by atoms with Gasteiger partial charge in [0.05, 0.1) is 18.5 Å². The first-order valence-electron chi connectivity index (χ1n) is 6.79. The summed E-state index contributed by atoms with van der Waals surface area (Å²) >= 11 is 0. The molecule has 5 nitrogen and oxygen atoms in total. The molecule has 1 saturated carbocycles. The number of anilines is 2. The minimum Gasteiger partial charge on any atom is -0.462 e. The third-order valence-corrected chi connectivity index (χ3v) is 3.17. The SMILES string of the molecule is CCOC(=O)c1cc(N)cnc1NC(C)CC1CC1. The third kappa shape index (κ3) is 3.84. The van der Waals surface area contributed by atoms with Crippen molar-refractivity contribution in [3.63, 3.8) is 0 Å². The summed E-state index contributed by atoms with van der Waals surface area (Å²) in [5.74, 6) is 0.992. The fourth-order valence-electron chi connectivity index (χ4n) is 2.11. The number of hydrogen-bond donors (Lipinski definition) is 2. The van der Waals surface area contributed by atoms with E-state index in [9.17, 15) is 4.79 Å². The molecule has 0 amide bonds. The molecule has 1 fully saturated rings. The van der Waals surface area contributed by atoms with Gasteiger partial charge in [-0.25, -0.2) is 9.78 Å². The Bertz CT molecular complexity index is 458. The Balaban J connectivity index is 2.10. The van der Waals surface area contributed by atoms with E-state index in [-0.39, 0.29) is 12.0 Å². The van der Waals surface area contributed by atoms with Gasteiger partial charge >= 0.3 is 5.97 Å². The molecule has 1 unspecified atom stereocenters. The monoisotopic (exact) mass is 263 g/mol. The van der Waals surface area contributed by atoms with Crippen LogP contribution >= 0.6 is 0 Å². The van der Waals surface area contributed by atoms with Crippen LogP contribution in [0, 0.1) is 5.92 Å². The van der Waals surface area contributed by atoms with Gasteiger partial charge in [0, 0.05) is 6.04 Å². The highest BCUT2D eigenvalue weighted by Crippen LogP contribution is 2.34. The molecular formula is C14H21N3O2. The zero-order valence-electron chi connectivity index (χ0n) is 11.5. The average molecular weight is 263 g/mol. The van der Waals surface area contributed by atoms with Crippen molar-refractivity contribution in [1.29, 1.82) is 0 Å². The summed E-state index contributed by atoms with van der Waals surface area (Å²) in [5, 5.41) is 3.28. The van der Waals surface area contributed by atoms with E-state index >= 15 is 0 Å². The molecule has 3 N–H and O–H groups in total. The highest BCUT2D eigenvalue weighted by Gasteiger charge is 2.24. The predicted octanol–water partition coefficient (Wildman–Crippen LogP) is 2.44. The third-order valence-electron chi connectivity index (χ3n) is 3.17. The fraction of sp³-hybridized carbons (Fsp3) is 0.571. The van der Waals surface area contributed by atoms with E-state index < -0.39 is 0 Å². The van der Waals surface area contributed by atoms with Crippen molar-refractivity contribution in [3.8, 4) is 0 Å². The average Bonchev–Trinajstić information content (AvgIpc) is 3.15. The number of rotatable bonds is 6. The Morgan fingerprint density at radius 3 is 3.00 bits per heavy atom. The Hall–Kier alpha value is -1.78. The predicted molar refractivity (Wildman–Crippen MR) is 75.0 cm³/mol. The highest BCUT2D eigenvalue weighted by molar-refractivity contribution is 5.95. The summed E-state index contributed by atoms with van der Waals surface area (Å²) in [7, 11) is 0. The van der Waals surface area contributed by atoms with Crippen LogP contribution in [0.1, 0.15) is 43.5 Å². The summed E-state index contributed by atoms with van der Waals surface area (Å²) in [5.41, 5.74) is 6.55. The molecule has 1 aromatic heterocycles. The molecule has 0 bridgehead atoms. The van der Waals surface area contributed by atoms with Crippen molar-refractivity contribution in [3.05, 3.63) is 17.8 Å². The number of ether oxygens (including phenoxy) is 1. The minimum atomic E-state index is -0.386. The highest BCUT2D eigenvalue weighted by atomic mass is 16.5. The number of nitrogens with one attached hydrogen (secondary N) is 1. The maximum atomic E-state index is 11.9. The van der Waals surface area contributed by atoms with E-state index in [0.29, 0.717) is 23.7 Å². The van der Waals surface area contributed by atoms with Gasteiger partial charge in [0.15, 0.2) is 0 Å². The lowest BCUT2D eigenvalue weighted by molar-refractivity contribution is 0.0527. The van der Waals surface area contributed by atoms with E-state index in [2.05, 4.69) is 17.2 Å². The van der Waals surface area contributed by atoms with Crippen LogP contribution in [0.5, 0.6) is 0 Å². The molecular weight excluding hydrogens is 242 g/mol. The number of hydrogen-bond acceptors (Lipinski definition) is 5. The van der Waals surface area contributed by atoms with E-state index in [1.165, 1.54) is 12.8 Å². The molecule has 1 aromatic rings. The van der Waals surface area contributed by atoms with Crippen LogP contribution in [0.2, 0.25) is 0 Å². The maximum Gasteiger partial charge on any atom is 0.341 e. The molecule has 1 aliphatic carbocycles. The molecule has 2 rings (SSSR count). The summed E-state index contributed by atoms with van der Waals surface area (Å²) in [4.78, 5) is 16.1. The first-order chi connectivity index (χ1) is 9.10. The van der Waals surface area contributed by atoms with Gasteiger partial charge in [-0.15, -0.1) is 0 Å². The number of carbonyl (C=O) groups excluding carboxylic acids is 1. The quantitative estimate of drug-likeness (QED) is 0.771. The van der Waals surface area contributed by atoms with Gasteiger partial charge in [0.1, 0.15) is 11.4 Å². The van der Waals surface area contributed by atoms with Crippen molar-refractivity contribution < 1.29 is 9.53 Å². The number of nitrogens with zero attached hydrogens (tertiary/aromatic N) is 1. The van der Waals surface area contributed by atoms with Crippen LogP contribution in [0.4, 0.5) is 11.5 Å². The smallest absolute Gasteiger partial charge is 0.341 e. The van der Waals surface area contributed by atoms with E-state index in [1.807, 2.05) is 0 Å². The number of nitrogen functional groups attached to an aromatic ring is 1. The molecule has 1 heterocycles. The number of aromatic nitrogens is 1. The van der Waals surface area contributed by atoms with Crippen LogP contribution < -0.4 is 11.1 Å². The van der Waals surface area contributed by atoms with Crippen LogP contribution in [0.15, 0.2) is 12.3 Å². The summed E-state index contributed by atoms with van der Waals surface area (Å²) in [6, 6.07) is 1.90. The second-order valence-electron chi connectivity index (χ2n) is 5.11. The van der Waals surface area contributed by atoms with Crippen LogP contribution in [0.3, 0.4) is 0 Å². The zero-order chi connectivity index (χ0) is 13.8. The molecule has 0 radical (unpaired) electrons. The van der Waals surface area contributed by atoms with Crippen molar-refractivity contribution >= 4 is 17.5 Å². The van der Waals surface area contributed by atoms with E-state index in [0.717, 1.165) is 12.3 Å². The molecule has 104 valence electrons. The molecule has 19 heavy (non-hydrogen) atoms. The Kier molecular flexibility index (Phi) is 4.24. The van der Waals surface area contributed by atoms with Gasteiger partial charge in [0.2, 0.25) is 0 Å². The summed E-state index contributed by atoms with van der Waals surface area (Å²) in [6.07, 6.45) is 5.28. The van der Waals surface area contributed by atoms with Gasteiger partial charge < -0.3 is 15.8 Å². The molecule has 0 saturated heterocycles. The molecule has 5 heteroatoms. The lowest BCUT2D eigenvalue weighted by Crippen LogP contribution is -2.20. The van der Waals surface area contributed by atoms with Crippen molar-refractivity contribution in [2.45, 2.75) is 39.2 Å². The normalized spacial score (nSPS) is 15.9. The Morgan fingerprint density at radius 1 is 1.63 bits per heavy atom. The lowest BCUT2D eigenvalue weighted by Gasteiger charge is -2.16. The Morgan fingerprint density at radius 2 is 2.37 bits per heavy atom. The van der Waals surface area contributed by atoms with Crippen molar-refractivity contribution in [2.24, 2.45) is 5.92 Å². The lowest BCUT2D eigenvalue weighted by atomic mass is 10.1. The molecule has 1 aliphatic rings. The molecule has 0 spiro atoms. The van der Waals surface area contributed by atoms with Crippen LogP contribution in [0.25, 0.3) is 0 Å². The van der Waals surface area contributed by atoms with Gasteiger partial charge in [-0.05, 0) is 32.3 Å². The van der Waals surface area contributed by atoms with Gasteiger partial charge in [-0.1, -0.05) is 12.8 Å².